The van der Waals surface area contributed by atoms with E-state index in [1.54, 1.807) is 68.3 Å². The zero-order chi connectivity index (χ0) is 39.5. The number of hydrogen-bond donors (Lipinski definition) is 2. The van der Waals surface area contributed by atoms with Gasteiger partial charge < -0.3 is 34.3 Å². The van der Waals surface area contributed by atoms with Crippen LogP contribution in [0.2, 0.25) is 0 Å². The average molecular weight is 758 g/mol. The number of imidazole rings is 1. The summed E-state index contributed by atoms with van der Waals surface area (Å²) >= 11 is 0. The lowest BCUT2D eigenvalue weighted by molar-refractivity contribution is -0.189. The highest BCUT2D eigenvalue weighted by molar-refractivity contribution is 6.07. The van der Waals surface area contributed by atoms with Crippen molar-refractivity contribution in [2.75, 3.05) is 33.2 Å². The van der Waals surface area contributed by atoms with Crippen LogP contribution in [-0.2, 0) is 42.7 Å². The van der Waals surface area contributed by atoms with Crippen LogP contribution in [-0.4, -0.2) is 113 Å². The predicted molar refractivity (Wildman–Crippen MR) is 211 cm³/mol. The van der Waals surface area contributed by atoms with Gasteiger partial charge in [-0.1, -0.05) is 66.7 Å². The molecule has 4 heterocycles. The second-order valence-corrected chi connectivity index (χ2v) is 14.4. The van der Waals surface area contributed by atoms with Crippen molar-refractivity contribution in [2.24, 2.45) is 7.05 Å². The third-order valence-electron chi connectivity index (χ3n) is 10.7. The fourth-order valence-corrected chi connectivity index (χ4v) is 7.81. The monoisotopic (exact) mass is 757 g/mol. The lowest BCUT2D eigenvalue weighted by atomic mass is 9.98. The quantitative estimate of drug-likeness (QED) is 0.184. The van der Waals surface area contributed by atoms with Gasteiger partial charge in [-0.25, -0.2) is 19.8 Å². The predicted octanol–water partition coefficient (Wildman–Crippen LogP) is 3.90. The molecular formula is C42H47N9O5. The SMILES string of the molecule is C=CCN1CC(=O)N2C(CN(Cc3cccc4c(C(=O)N(C)CCn5ccnc5C)cn(C)c34)C(=O)[C@@H]2Cc2ccc(O)cc2)N1C(=O)NCc1ccccc1. The van der Waals surface area contributed by atoms with Gasteiger partial charge in [-0.3, -0.25) is 14.4 Å². The van der Waals surface area contributed by atoms with Gasteiger partial charge in [-0.05, 0) is 35.7 Å². The molecule has 2 saturated heterocycles. The lowest BCUT2D eigenvalue weighted by Gasteiger charge is -2.55. The summed E-state index contributed by atoms with van der Waals surface area (Å²) < 4.78 is 3.92. The van der Waals surface area contributed by atoms with Gasteiger partial charge in [0.25, 0.3) is 5.91 Å². The molecule has 14 nitrogen and oxygen atoms in total. The van der Waals surface area contributed by atoms with Gasteiger partial charge in [0.05, 0.1) is 24.2 Å². The Kier molecular flexibility index (Phi) is 10.9. The van der Waals surface area contributed by atoms with E-state index in [0.717, 1.165) is 33.4 Å². The van der Waals surface area contributed by atoms with E-state index in [1.807, 2.05) is 84.0 Å². The Hall–Kier alpha value is -6.41. The third kappa shape index (κ3) is 7.60. The van der Waals surface area contributed by atoms with E-state index >= 15 is 0 Å². The number of carbonyl (C=O) groups excluding carboxylic acids is 4. The van der Waals surface area contributed by atoms with Crippen molar-refractivity contribution in [3.63, 3.8) is 0 Å². The minimum Gasteiger partial charge on any atom is -0.508 e. The molecule has 0 bridgehead atoms. The molecule has 0 saturated carbocycles. The topological polar surface area (TPSA) is 139 Å². The number of urea groups is 1. The van der Waals surface area contributed by atoms with E-state index < -0.39 is 18.2 Å². The maximum absolute atomic E-state index is 14.7. The second-order valence-electron chi connectivity index (χ2n) is 14.4. The molecule has 2 N–H and O–H groups in total. The first kappa shape index (κ1) is 37.9. The van der Waals surface area contributed by atoms with Crippen LogP contribution >= 0.6 is 0 Å². The number of nitrogens with zero attached hydrogens (tertiary/aromatic N) is 8. The van der Waals surface area contributed by atoms with Crippen molar-refractivity contribution in [3.05, 3.63) is 132 Å². The number of hydrogen-bond acceptors (Lipinski definition) is 7. The normalized spacial score (nSPS) is 17.3. The van der Waals surface area contributed by atoms with Crippen molar-refractivity contribution in [1.82, 2.24) is 44.2 Å². The molecule has 2 aliphatic rings. The number of carbonyl (C=O) groups is 4. The van der Waals surface area contributed by atoms with Crippen LogP contribution in [0.1, 0.15) is 32.9 Å². The van der Waals surface area contributed by atoms with Gasteiger partial charge >= 0.3 is 6.03 Å². The third-order valence-corrected chi connectivity index (χ3v) is 10.7. The maximum atomic E-state index is 14.7. The first-order valence-corrected chi connectivity index (χ1v) is 18.7. The van der Waals surface area contributed by atoms with Crippen molar-refractivity contribution < 1.29 is 24.3 Å². The molecule has 1 unspecified atom stereocenters. The summed E-state index contributed by atoms with van der Waals surface area (Å²) in [5.74, 6) is 0.307. The molecule has 0 spiro atoms. The van der Waals surface area contributed by atoms with Crippen LogP contribution in [0.3, 0.4) is 0 Å². The van der Waals surface area contributed by atoms with Crippen LogP contribution in [0.5, 0.6) is 5.75 Å². The number of piperazine rings is 1. The highest BCUT2D eigenvalue weighted by Gasteiger charge is 2.51. The Morgan fingerprint density at radius 1 is 1.04 bits per heavy atom. The van der Waals surface area contributed by atoms with Crippen LogP contribution < -0.4 is 5.32 Å². The van der Waals surface area contributed by atoms with Crippen LogP contribution in [0, 0.1) is 6.92 Å². The number of phenolic OH excluding ortho intramolecular Hbond substituents is 1. The van der Waals surface area contributed by atoms with Gasteiger partial charge in [-0.2, -0.15) is 0 Å². The molecule has 7 rings (SSSR count). The molecule has 2 aromatic heterocycles. The largest absolute Gasteiger partial charge is 0.508 e. The van der Waals surface area contributed by atoms with Crippen molar-refractivity contribution in [3.8, 4) is 5.75 Å². The summed E-state index contributed by atoms with van der Waals surface area (Å²) in [6.07, 6.45) is 6.46. The maximum Gasteiger partial charge on any atom is 0.334 e. The number of fused-ring (bicyclic) bond motifs is 2. The summed E-state index contributed by atoms with van der Waals surface area (Å²) in [6.45, 7) is 7.52. The Morgan fingerprint density at radius 3 is 2.52 bits per heavy atom. The van der Waals surface area contributed by atoms with Gasteiger partial charge in [-0.15, -0.1) is 6.58 Å². The zero-order valence-corrected chi connectivity index (χ0v) is 31.9. The number of rotatable bonds is 12. The molecule has 5 amide bonds. The number of amides is 5. The molecule has 14 heteroatoms. The fourth-order valence-electron chi connectivity index (χ4n) is 7.81. The van der Waals surface area contributed by atoms with Crippen molar-refractivity contribution in [1.29, 1.82) is 0 Å². The average Bonchev–Trinajstić information content (AvgIpc) is 3.77. The fraction of sp³-hybridized carbons (Fsp3) is 0.310. The van der Waals surface area contributed by atoms with E-state index in [1.165, 1.54) is 0 Å². The molecule has 0 aliphatic carbocycles. The molecular weight excluding hydrogens is 711 g/mol. The highest BCUT2D eigenvalue weighted by atomic mass is 16.3. The summed E-state index contributed by atoms with van der Waals surface area (Å²) in [5.41, 5.74) is 3.85. The van der Waals surface area contributed by atoms with Crippen LogP contribution in [0.25, 0.3) is 10.9 Å². The number of aromatic nitrogens is 3. The minimum atomic E-state index is -0.932. The number of para-hydroxylation sites is 1. The van der Waals surface area contributed by atoms with Crippen molar-refractivity contribution >= 4 is 34.7 Å². The van der Waals surface area contributed by atoms with Gasteiger partial charge in [0.15, 0.2) is 0 Å². The van der Waals surface area contributed by atoms with Gasteiger partial charge in [0.2, 0.25) is 11.8 Å². The lowest BCUT2D eigenvalue weighted by Crippen LogP contribution is -2.76. The number of aromatic hydroxyl groups is 1. The molecule has 3 aromatic carbocycles. The molecule has 56 heavy (non-hydrogen) atoms. The molecule has 2 atom stereocenters. The van der Waals surface area contributed by atoms with E-state index in [4.69, 9.17) is 0 Å². The highest BCUT2D eigenvalue weighted by Crippen LogP contribution is 2.32. The molecule has 290 valence electrons. The first-order valence-electron chi connectivity index (χ1n) is 18.7. The number of aryl methyl sites for hydroxylation is 2. The Morgan fingerprint density at radius 2 is 1.80 bits per heavy atom. The molecule has 2 aliphatic heterocycles. The number of phenols is 1. The smallest absolute Gasteiger partial charge is 0.334 e. The number of hydrazine groups is 1. The van der Waals surface area contributed by atoms with E-state index in [2.05, 4.69) is 16.9 Å². The van der Waals surface area contributed by atoms with Crippen LogP contribution in [0.4, 0.5) is 4.79 Å². The molecule has 0 radical (unpaired) electrons. The second kappa shape index (κ2) is 16.1. The van der Waals surface area contributed by atoms with Gasteiger partial charge in [0.1, 0.15) is 23.8 Å². The standard InChI is InChI=1S/C42H47N9O5/c1-5-19-49-28-38(53)50-36(23-30-14-16-33(52)17-15-30)41(55)48(27-37(50)51(49)42(56)44-24-31-10-7-6-8-11-31)25-32-12-9-13-34-35(26-46(4)39(32)34)40(54)45(3)21-22-47-20-18-43-29(47)2/h5-18,20,26,36-37,52H,1,19,21-25,27-28H2,2-4H3,(H,44,56)/t36-,37?/m0/s1. The molecule has 2 fully saturated rings. The summed E-state index contributed by atoms with van der Waals surface area (Å²) in [7, 11) is 3.67. The summed E-state index contributed by atoms with van der Waals surface area (Å²) in [6, 6.07) is 20.5. The van der Waals surface area contributed by atoms with Crippen LogP contribution in [0.15, 0.2) is 104 Å². The number of likely N-dealkylation sites (N-methyl/N-ethyl adjacent to an activating group) is 1. The van der Waals surface area contributed by atoms with Gasteiger partial charge in [0, 0.05) is 77.2 Å². The number of nitrogens with one attached hydrogen (secondary N) is 1. The number of benzene rings is 3. The van der Waals surface area contributed by atoms with Crippen molar-refractivity contribution in [2.45, 2.75) is 45.2 Å². The zero-order valence-electron chi connectivity index (χ0n) is 31.9. The van der Waals surface area contributed by atoms with E-state index in [9.17, 15) is 24.3 Å². The Bertz CT molecular complexity index is 2250. The Balaban J connectivity index is 1.21. The minimum absolute atomic E-state index is 0.0477. The molecule has 5 aromatic rings. The van der Waals surface area contributed by atoms with E-state index in [0.29, 0.717) is 18.7 Å². The van der Waals surface area contributed by atoms with E-state index in [-0.39, 0.29) is 62.6 Å². The first-order chi connectivity index (χ1) is 27.0. The summed E-state index contributed by atoms with van der Waals surface area (Å²) in [4.78, 5) is 65.9. The Labute approximate surface area is 325 Å². The summed E-state index contributed by atoms with van der Waals surface area (Å²) in [5, 5.41) is 17.0.